The van der Waals surface area contributed by atoms with Gasteiger partial charge in [-0.05, 0) is 5.70 Å². The summed E-state index contributed by atoms with van der Waals surface area (Å²) in [4.78, 5) is 9.53. The lowest BCUT2D eigenvalue weighted by molar-refractivity contribution is -0.135. The van der Waals surface area contributed by atoms with E-state index in [0.29, 0.717) is 0 Å². The lowest BCUT2D eigenvalue weighted by Crippen LogP contribution is -2.40. The summed E-state index contributed by atoms with van der Waals surface area (Å²) >= 11 is 0. The van der Waals surface area contributed by atoms with Crippen LogP contribution in [0.4, 0.5) is 0 Å². The van der Waals surface area contributed by atoms with Gasteiger partial charge in [0, 0.05) is 21.3 Å². The Morgan fingerprint density at radius 2 is 1.53 bits per heavy atom. The number of carboxylic acids is 1. The molecule has 0 aliphatic carbocycles. The molecule has 5 nitrogen and oxygen atoms in total. The molecule has 0 saturated heterocycles. The Morgan fingerprint density at radius 3 is 1.53 bits per heavy atom. The fourth-order valence-corrected chi connectivity index (χ4v) is 1.62. The Morgan fingerprint density at radius 1 is 1.18 bits per heavy atom. The molecule has 0 unspecified atom stereocenters. The van der Waals surface area contributed by atoms with Crippen LogP contribution in [0.5, 0.6) is 0 Å². The zero-order chi connectivity index (χ0) is 14.3. The number of aliphatic carboxylic acids is 1. The normalized spacial score (nSPS) is 8.88. The maximum Gasteiger partial charge on any atom is 0.528 e. The molecule has 17 heavy (non-hydrogen) atoms. The standard InChI is InChI=1S/C5H12O3Si.C4H6O2.C2H4/c1-5-9(6-2,7-3)8-4;1-2-3-4(5)6;1-2/h5H,1H2,2-4H3;2H,1,3H2,(H,5,6);1-2H2. The minimum absolute atomic E-state index is 0.0556. The van der Waals surface area contributed by atoms with Gasteiger partial charge in [-0.3, -0.25) is 4.79 Å². The minimum atomic E-state index is -2.43. The topological polar surface area (TPSA) is 65.0 Å². The summed E-state index contributed by atoms with van der Waals surface area (Å²) in [6.45, 7) is 12.8. The Labute approximate surface area is 104 Å². The van der Waals surface area contributed by atoms with E-state index in [0.717, 1.165) is 0 Å². The zero-order valence-corrected chi connectivity index (χ0v) is 11.8. The van der Waals surface area contributed by atoms with Crippen molar-refractivity contribution in [2.75, 3.05) is 21.3 Å². The van der Waals surface area contributed by atoms with Gasteiger partial charge in [-0.25, -0.2) is 0 Å². The molecule has 0 atom stereocenters. The van der Waals surface area contributed by atoms with Gasteiger partial charge < -0.3 is 18.4 Å². The predicted octanol–water partition coefficient (Wildman–Crippen LogP) is 2.04. The maximum atomic E-state index is 9.53. The molecule has 100 valence electrons. The van der Waals surface area contributed by atoms with Crippen molar-refractivity contribution in [2.24, 2.45) is 0 Å². The van der Waals surface area contributed by atoms with Gasteiger partial charge in [0.1, 0.15) is 0 Å². The van der Waals surface area contributed by atoms with Crippen LogP contribution in [0.2, 0.25) is 0 Å². The number of hydrogen-bond donors (Lipinski definition) is 1. The lowest BCUT2D eigenvalue weighted by atomic mass is 10.4. The van der Waals surface area contributed by atoms with Gasteiger partial charge in [-0.2, -0.15) is 0 Å². The van der Waals surface area contributed by atoms with Crippen LogP contribution in [0.25, 0.3) is 0 Å². The highest BCUT2D eigenvalue weighted by atomic mass is 28.4. The van der Waals surface area contributed by atoms with Gasteiger partial charge in [-0.1, -0.05) is 12.7 Å². The highest BCUT2D eigenvalue weighted by Crippen LogP contribution is 2.04. The van der Waals surface area contributed by atoms with Crippen LogP contribution < -0.4 is 0 Å². The van der Waals surface area contributed by atoms with E-state index in [1.807, 2.05) is 0 Å². The van der Waals surface area contributed by atoms with Crippen LogP contribution in [0.3, 0.4) is 0 Å². The molecule has 0 bridgehead atoms. The highest BCUT2D eigenvalue weighted by Gasteiger charge is 2.33. The smallest absolute Gasteiger partial charge is 0.481 e. The quantitative estimate of drug-likeness (QED) is 0.586. The fraction of sp³-hybridized carbons (Fsp3) is 0.364. The molecule has 0 aliphatic heterocycles. The summed E-state index contributed by atoms with van der Waals surface area (Å²) in [5.74, 6) is -0.829. The molecule has 0 aromatic rings. The first-order chi connectivity index (χ1) is 8.01. The van der Waals surface area contributed by atoms with Crippen molar-refractivity contribution in [3.05, 3.63) is 38.1 Å². The summed E-state index contributed by atoms with van der Waals surface area (Å²) in [6, 6.07) is 0. The van der Waals surface area contributed by atoms with Crippen molar-refractivity contribution in [2.45, 2.75) is 6.42 Å². The fourth-order valence-electron chi connectivity index (χ4n) is 0.623. The van der Waals surface area contributed by atoms with Crippen molar-refractivity contribution in [1.82, 2.24) is 0 Å². The summed E-state index contributed by atoms with van der Waals surface area (Å²) in [6.07, 6.45) is 1.41. The van der Waals surface area contributed by atoms with Gasteiger partial charge in [0.15, 0.2) is 0 Å². The second-order valence-corrected chi connectivity index (χ2v) is 5.15. The van der Waals surface area contributed by atoms with E-state index >= 15 is 0 Å². The Kier molecular flexibility index (Phi) is 18.4. The Balaban J connectivity index is -0.000000213. The van der Waals surface area contributed by atoms with Crippen LogP contribution in [0.1, 0.15) is 6.42 Å². The molecular weight excluding hydrogens is 240 g/mol. The number of rotatable bonds is 6. The van der Waals surface area contributed by atoms with Gasteiger partial charge in [0.05, 0.1) is 6.42 Å². The maximum absolute atomic E-state index is 9.53. The second kappa shape index (κ2) is 14.8. The van der Waals surface area contributed by atoms with Crippen LogP contribution in [-0.2, 0) is 18.1 Å². The summed E-state index contributed by atoms with van der Waals surface area (Å²) in [7, 11) is 2.20. The molecule has 6 heteroatoms. The van der Waals surface area contributed by atoms with Gasteiger partial charge in [0.25, 0.3) is 0 Å². The molecule has 0 saturated carbocycles. The molecule has 0 aromatic heterocycles. The molecule has 0 aliphatic rings. The van der Waals surface area contributed by atoms with Crippen molar-refractivity contribution in [3.8, 4) is 0 Å². The van der Waals surface area contributed by atoms with Crippen molar-refractivity contribution < 1.29 is 23.2 Å². The number of hydrogen-bond acceptors (Lipinski definition) is 4. The van der Waals surface area contributed by atoms with Crippen molar-refractivity contribution in [3.63, 3.8) is 0 Å². The summed E-state index contributed by atoms with van der Waals surface area (Å²) < 4.78 is 14.9. The molecule has 0 spiro atoms. The molecule has 0 aromatic carbocycles. The zero-order valence-electron chi connectivity index (χ0n) is 10.8. The largest absolute Gasteiger partial charge is 0.528 e. The van der Waals surface area contributed by atoms with Crippen LogP contribution >= 0.6 is 0 Å². The van der Waals surface area contributed by atoms with E-state index < -0.39 is 14.8 Å². The lowest BCUT2D eigenvalue weighted by Gasteiger charge is -2.19. The van der Waals surface area contributed by atoms with Gasteiger partial charge >= 0.3 is 14.8 Å². The summed E-state index contributed by atoms with van der Waals surface area (Å²) in [5.41, 5.74) is 1.58. The monoisotopic (exact) mass is 262 g/mol. The van der Waals surface area contributed by atoms with E-state index in [9.17, 15) is 4.79 Å². The average Bonchev–Trinajstić information content (AvgIpc) is 2.36. The predicted molar refractivity (Wildman–Crippen MR) is 70.7 cm³/mol. The molecule has 0 rings (SSSR count). The van der Waals surface area contributed by atoms with Crippen LogP contribution in [-0.4, -0.2) is 41.2 Å². The van der Waals surface area contributed by atoms with Crippen molar-refractivity contribution >= 4 is 14.8 Å². The molecule has 0 radical (unpaired) electrons. The molecule has 0 amide bonds. The van der Waals surface area contributed by atoms with E-state index in [2.05, 4.69) is 26.3 Å². The average molecular weight is 262 g/mol. The van der Waals surface area contributed by atoms with Crippen LogP contribution in [0, 0.1) is 0 Å². The third-order valence-corrected chi connectivity index (χ3v) is 3.63. The molecular formula is C11H22O5Si. The number of carboxylic acid groups (broad SMARTS) is 1. The van der Waals surface area contributed by atoms with E-state index in [1.165, 1.54) is 6.08 Å². The second-order valence-electron chi connectivity index (χ2n) is 2.31. The summed E-state index contributed by atoms with van der Waals surface area (Å²) in [5, 5.41) is 7.84. The number of carbonyl (C=O) groups is 1. The van der Waals surface area contributed by atoms with Gasteiger partial charge in [-0.15, -0.1) is 19.7 Å². The van der Waals surface area contributed by atoms with Gasteiger partial charge in [0.2, 0.25) is 0 Å². The molecule has 0 heterocycles. The third-order valence-electron chi connectivity index (χ3n) is 1.42. The van der Waals surface area contributed by atoms with E-state index in [-0.39, 0.29) is 6.42 Å². The van der Waals surface area contributed by atoms with Crippen molar-refractivity contribution in [1.29, 1.82) is 0 Å². The first-order valence-electron chi connectivity index (χ1n) is 4.63. The van der Waals surface area contributed by atoms with Crippen LogP contribution in [0.15, 0.2) is 38.1 Å². The Hall–Kier alpha value is -1.21. The van der Waals surface area contributed by atoms with E-state index in [4.69, 9.17) is 18.4 Å². The Bertz CT molecular complexity index is 206. The SMILES string of the molecule is C=C.C=CCC(=O)O.C=C[Si](OC)(OC)OC. The third kappa shape index (κ3) is 12.7. The first kappa shape index (κ1) is 21.1. The molecule has 0 fully saturated rings. The van der Waals surface area contributed by atoms with E-state index in [1.54, 1.807) is 27.0 Å². The molecule has 1 N–H and O–H groups in total. The first-order valence-corrected chi connectivity index (χ1v) is 6.43. The highest BCUT2D eigenvalue weighted by molar-refractivity contribution is 6.66. The minimum Gasteiger partial charge on any atom is -0.481 e.